The summed E-state index contributed by atoms with van der Waals surface area (Å²) < 4.78 is 16.7. The zero-order valence-corrected chi connectivity index (χ0v) is 45.3. The lowest BCUT2D eigenvalue weighted by molar-refractivity contribution is 0.169. The molecule has 4 aromatic heterocycles. The number of pyridine rings is 4. The number of rotatable bonds is 7. The summed E-state index contributed by atoms with van der Waals surface area (Å²) in [6.07, 6.45) is 15.3. The molecule has 0 radical (unpaired) electrons. The van der Waals surface area contributed by atoms with Crippen LogP contribution in [-0.4, -0.2) is 87.1 Å². The van der Waals surface area contributed by atoms with Crippen LogP contribution in [0.5, 0.6) is 17.2 Å². The minimum Gasteiger partial charge on any atom is -0.497 e. The van der Waals surface area contributed by atoms with Crippen LogP contribution in [0.25, 0.3) is 48.5 Å². The fourth-order valence-electron chi connectivity index (χ4n) is 11.8. The zero-order valence-electron chi connectivity index (χ0n) is 43.7. The van der Waals surface area contributed by atoms with E-state index in [-0.39, 0.29) is 0 Å². The number of ether oxygens (including phenoxy) is 3. The highest BCUT2D eigenvalue weighted by Crippen LogP contribution is 2.47. The van der Waals surface area contributed by atoms with Crippen molar-refractivity contribution in [1.29, 1.82) is 0 Å². The highest BCUT2D eigenvalue weighted by atomic mass is 79.9. The maximum Gasteiger partial charge on any atom is 0.187 e. The molecule has 4 aliphatic rings. The van der Waals surface area contributed by atoms with Crippen LogP contribution in [0.15, 0.2) is 157 Å². The van der Waals surface area contributed by atoms with Gasteiger partial charge in [0, 0.05) is 109 Å². The summed E-state index contributed by atoms with van der Waals surface area (Å²) in [6, 6.07) is 42.6. The van der Waals surface area contributed by atoms with Crippen molar-refractivity contribution in [3.05, 3.63) is 174 Å². The van der Waals surface area contributed by atoms with Crippen LogP contribution in [0, 0.1) is 24.3 Å². The molecule has 1 aliphatic carbocycles. The topological polar surface area (TPSA) is 114 Å². The van der Waals surface area contributed by atoms with Crippen molar-refractivity contribution in [2.75, 3.05) is 82.3 Å². The maximum absolute atomic E-state index is 7.36. The van der Waals surface area contributed by atoms with Crippen LogP contribution in [0.2, 0.25) is 0 Å². The molecule has 388 valence electrons. The Morgan fingerprint density at radius 3 is 1.86 bits per heavy atom. The molecule has 13 rings (SSSR count). The van der Waals surface area contributed by atoms with E-state index in [4.69, 9.17) is 20.8 Å². The van der Waals surface area contributed by atoms with Gasteiger partial charge in [0.15, 0.2) is 5.69 Å². The number of anilines is 3. The van der Waals surface area contributed by atoms with Gasteiger partial charge in [-0.25, -0.2) is 4.85 Å². The first-order valence-electron chi connectivity index (χ1n) is 26.6. The Morgan fingerprint density at radius 2 is 1.16 bits per heavy atom. The molecule has 0 bridgehead atoms. The van der Waals surface area contributed by atoms with Crippen LogP contribution in [0.1, 0.15) is 50.0 Å². The van der Waals surface area contributed by atoms with E-state index in [2.05, 4.69) is 110 Å². The standard InChI is InChI=1S/C29H32N4.C14H17N3O.C10H8BrNO.C10H9NO/c1-30-23-11-12-28-25(18-23)26(19-32-28)22-9-7-20(8-10-22)21-13-16-33(17-14-21)29-6-2-5-27-24(29)4-3-15-31-27;1-18-13-5-4-12-11(3-2-6-16-12)14(13)17-9-7-15-8-10-17;1-13-9-5-4-8-7(10(9)11)3-2-6-12-8;1-12-9-4-5-10-8(7-9)3-2-6-11-10/h2-6,11-12,15,18,20-22,26,32H,7-10,13-14,16-17,19H2;2-6,15H,7-10H2,1H3;2-6H,1H3;2-7H,1H3. The van der Waals surface area contributed by atoms with Crippen LogP contribution >= 0.6 is 15.9 Å². The first-order chi connectivity index (χ1) is 37.4. The zero-order chi connectivity index (χ0) is 52.2. The average Bonchev–Trinajstić information content (AvgIpc) is 3.95. The minimum absolute atomic E-state index is 0.587. The van der Waals surface area contributed by atoms with E-state index >= 15 is 0 Å². The summed E-state index contributed by atoms with van der Waals surface area (Å²) in [5.74, 6) is 5.75. The number of benzene rings is 5. The number of aromatic nitrogens is 4. The lowest BCUT2D eigenvalue weighted by atomic mass is 9.69. The molecule has 9 aromatic rings. The summed E-state index contributed by atoms with van der Waals surface area (Å²) in [5.41, 5.74) is 10.0. The highest BCUT2D eigenvalue weighted by Gasteiger charge is 2.36. The molecule has 2 N–H and O–H groups in total. The maximum atomic E-state index is 7.36. The van der Waals surface area contributed by atoms with Crippen molar-refractivity contribution >= 4 is 82.3 Å². The van der Waals surface area contributed by atoms with Crippen molar-refractivity contribution in [3.63, 3.8) is 0 Å². The summed E-state index contributed by atoms with van der Waals surface area (Å²) >= 11 is 3.48. The molecule has 12 nitrogen and oxygen atoms in total. The second-order valence-corrected chi connectivity index (χ2v) is 20.6. The predicted molar refractivity (Wildman–Crippen MR) is 314 cm³/mol. The average molecular weight is 1080 g/mol. The number of hydrogen-bond acceptors (Lipinski definition) is 11. The highest BCUT2D eigenvalue weighted by molar-refractivity contribution is 9.10. The second kappa shape index (κ2) is 24.9. The number of nitrogens with zero attached hydrogens (tertiary/aromatic N) is 7. The first kappa shape index (κ1) is 51.9. The normalized spacial score (nSPS) is 18.2. The first-order valence-corrected chi connectivity index (χ1v) is 27.4. The van der Waals surface area contributed by atoms with Crippen LogP contribution in [-0.2, 0) is 0 Å². The Balaban J connectivity index is 0.000000128. The SMILES string of the molecule is COc1ccc2ncccc2c1.COc1ccc2ncccc2c1Br.COc1ccc2ncccc2c1N1CCNCC1.[C-]#[N+]c1ccc2c(c1)C(C1CCC(C3CCN(c4cccc5ncccc45)CC3)CC1)CN2. The molecule has 3 fully saturated rings. The second-order valence-electron chi connectivity index (χ2n) is 19.9. The van der Waals surface area contributed by atoms with E-state index in [9.17, 15) is 0 Å². The van der Waals surface area contributed by atoms with E-state index in [0.717, 1.165) is 124 Å². The molecule has 13 heteroatoms. The molecule has 3 aliphatic heterocycles. The van der Waals surface area contributed by atoms with Crippen molar-refractivity contribution < 1.29 is 14.2 Å². The largest absolute Gasteiger partial charge is 0.497 e. The molecular weight excluding hydrogens is 1010 g/mol. The van der Waals surface area contributed by atoms with E-state index in [1.54, 1.807) is 33.7 Å². The number of nitrogens with one attached hydrogen (secondary N) is 2. The summed E-state index contributed by atoms with van der Waals surface area (Å²) in [7, 11) is 5.04. The van der Waals surface area contributed by atoms with E-state index < -0.39 is 0 Å². The van der Waals surface area contributed by atoms with Gasteiger partial charge in [0.25, 0.3) is 0 Å². The Labute approximate surface area is 454 Å². The smallest absolute Gasteiger partial charge is 0.187 e. The fraction of sp³-hybridized carbons (Fsp3) is 0.317. The summed E-state index contributed by atoms with van der Waals surface area (Å²) in [4.78, 5) is 26.0. The monoisotopic (exact) mass is 1080 g/mol. The van der Waals surface area contributed by atoms with Crippen molar-refractivity contribution in [3.8, 4) is 17.2 Å². The van der Waals surface area contributed by atoms with Crippen molar-refractivity contribution in [2.24, 2.45) is 17.8 Å². The number of piperazine rings is 1. The van der Waals surface area contributed by atoms with Gasteiger partial charge in [-0.15, -0.1) is 0 Å². The third-order valence-electron chi connectivity index (χ3n) is 15.7. The van der Waals surface area contributed by atoms with Gasteiger partial charge in [-0.2, -0.15) is 0 Å². The van der Waals surface area contributed by atoms with Crippen molar-refractivity contribution in [1.82, 2.24) is 25.3 Å². The van der Waals surface area contributed by atoms with Crippen LogP contribution in [0.3, 0.4) is 0 Å². The van der Waals surface area contributed by atoms with Gasteiger partial charge in [0.05, 0.1) is 60.1 Å². The van der Waals surface area contributed by atoms with E-state index in [1.165, 1.54) is 71.9 Å². The van der Waals surface area contributed by atoms with Gasteiger partial charge in [-0.3, -0.25) is 19.9 Å². The number of piperidine rings is 1. The van der Waals surface area contributed by atoms with Gasteiger partial charge >= 0.3 is 0 Å². The molecule has 0 amide bonds. The van der Waals surface area contributed by atoms with Crippen LogP contribution in [0.4, 0.5) is 22.7 Å². The number of halogens is 1. The predicted octanol–water partition coefficient (Wildman–Crippen LogP) is 13.9. The van der Waals surface area contributed by atoms with E-state index in [1.807, 2.05) is 91.3 Å². The third kappa shape index (κ3) is 11.8. The lowest BCUT2D eigenvalue weighted by Gasteiger charge is -2.41. The van der Waals surface area contributed by atoms with Gasteiger partial charge in [-0.05, 0) is 175 Å². The molecule has 5 aromatic carbocycles. The molecule has 1 unspecified atom stereocenters. The number of hydrogen-bond donors (Lipinski definition) is 2. The third-order valence-corrected chi connectivity index (χ3v) is 16.5. The summed E-state index contributed by atoms with van der Waals surface area (Å²) in [6.45, 7) is 14.8. The molecule has 7 heterocycles. The van der Waals surface area contributed by atoms with Gasteiger partial charge in [0.2, 0.25) is 0 Å². The molecule has 1 saturated carbocycles. The Kier molecular flexibility index (Phi) is 17.0. The molecular formula is C63H66BrN9O3. The lowest BCUT2D eigenvalue weighted by Crippen LogP contribution is -2.43. The van der Waals surface area contributed by atoms with Gasteiger partial charge in [0.1, 0.15) is 17.2 Å². The Hall–Kier alpha value is -7.53. The molecule has 1 atom stereocenters. The van der Waals surface area contributed by atoms with Gasteiger partial charge in [-0.1, -0.05) is 30.3 Å². The molecule has 2 saturated heterocycles. The quantitative estimate of drug-likeness (QED) is 0.149. The number of fused-ring (bicyclic) bond motifs is 5. The Morgan fingerprint density at radius 1 is 0.553 bits per heavy atom. The molecule has 76 heavy (non-hydrogen) atoms. The molecule has 0 spiro atoms. The number of methoxy groups -OCH3 is 3. The van der Waals surface area contributed by atoms with Crippen LogP contribution < -0.4 is 34.6 Å². The van der Waals surface area contributed by atoms with E-state index in [0.29, 0.717) is 5.92 Å². The fourth-order valence-corrected chi connectivity index (χ4v) is 12.4. The van der Waals surface area contributed by atoms with Gasteiger partial charge < -0.3 is 34.6 Å². The summed E-state index contributed by atoms with van der Waals surface area (Å²) in [5, 5.41) is 11.6. The minimum atomic E-state index is 0.587. The van der Waals surface area contributed by atoms with Crippen molar-refractivity contribution in [2.45, 2.75) is 44.4 Å². The Bertz CT molecular complexity index is 3430.